The van der Waals surface area contributed by atoms with Crippen molar-refractivity contribution in [3.8, 4) is 0 Å². The molecule has 0 N–H and O–H groups in total. The summed E-state index contributed by atoms with van der Waals surface area (Å²) in [5.41, 5.74) is 0.545. The number of rotatable bonds is 4. The van der Waals surface area contributed by atoms with Gasteiger partial charge in [-0.15, -0.1) is 0 Å². The van der Waals surface area contributed by atoms with Crippen LogP contribution in [-0.4, -0.2) is 43.1 Å². The Labute approximate surface area is 134 Å². The first-order valence-electron chi connectivity index (χ1n) is 7.04. The van der Waals surface area contributed by atoms with Crippen LogP contribution in [-0.2, 0) is 23.9 Å². The molecule has 1 aromatic carbocycles. The van der Waals surface area contributed by atoms with Gasteiger partial charge in [-0.1, -0.05) is 18.2 Å². The second-order valence-electron chi connectivity index (χ2n) is 4.98. The molecule has 7 heteroatoms. The second kappa shape index (κ2) is 6.95. The smallest absolute Gasteiger partial charge is 0.356 e. The van der Waals surface area contributed by atoms with Gasteiger partial charge in [-0.2, -0.15) is 0 Å². The molecule has 1 saturated heterocycles. The number of ether oxygens (including phenoxy) is 2. The molecule has 1 aromatic rings. The van der Waals surface area contributed by atoms with Crippen LogP contribution in [0.2, 0.25) is 0 Å². The fraction of sp³-hybridized carbons (Fsp3) is 0.312. The summed E-state index contributed by atoms with van der Waals surface area (Å²) < 4.78 is 9.33. The van der Waals surface area contributed by atoms with E-state index in [4.69, 9.17) is 4.74 Å². The van der Waals surface area contributed by atoms with Gasteiger partial charge in [0.1, 0.15) is 0 Å². The largest absolute Gasteiger partial charge is 0.466 e. The first-order valence-corrected chi connectivity index (χ1v) is 7.04. The van der Waals surface area contributed by atoms with Crippen molar-refractivity contribution in [2.24, 2.45) is 0 Å². The highest BCUT2D eigenvalue weighted by Crippen LogP contribution is 2.30. The molecule has 0 radical (unpaired) electrons. The number of methoxy groups -OCH3 is 2. The summed E-state index contributed by atoms with van der Waals surface area (Å²) in [5.74, 6) is -1.61. The molecule has 0 aromatic heterocycles. The average Bonchev–Trinajstić information content (AvgIpc) is 2.86. The van der Waals surface area contributed by atoms with E-state index in [1.165, 1.54) is 24.2 Å². The maximum atomic E-state index is 12.4. The van der Waals surface area contributed by atoms with E-state index in [1.54, 1.807) is 31.2 Å². The third-order valence-corrected chi connectivity index (χ3v) is 3.44. The Balaban J connectivity index is 2.50. The van der Waals surface area contributed by atoms with Gasteiger partial charge in [0.15, 0.2) is 5.70 Å². The molecule has 1 heterocycles. The molecule has 7 nitrogen and oxygen atoms in total. The Morgan fingerprint density at radius 2 is 1.83 bits per heavy atom. The van der Waals surface area contributed by atoms with Gasteiger partial charge in [0.25, 0.3) is 0 Å². The number of amides is 1. The molecule has 1 unspecified atom stereocenters. The molecule has 1 atom stereocenters. The van der Waals surface area contributed by atoms with E-state index in [0.29, 0.717) is 5.69 Å². The lowest BCUT2D eigenvalue weighted by atomic mass is 10.2. The zero-order valence-electron chi connectivity index (χ0n) is 13.2. The van der Waals surface area contributed by atoms with Crippen LogP contribution in [0, 0.1) is 0 Å². The number of hydrazine groups is 1. The van der Waals surface area contributed by atoms with Crippen molar-refractivity contribution >= 4 is 23.5 Å². The highest BCUT2D eigenvalue weighted by molar-refractivity contribution is 6.00. The zero-order valence-corrected chi connectivity index (χ0v) is 13.2. The van der Waals surface area contributed by atoms with Crippen molar-refractivity contribution in [3.05, 3.63) is 42.1 Å². The van der Waals surface area contributed by atoms with Gasteiger partial charge in [-0.3, -0.25) is 9.80 Å². The number of hydrogen-bond donors (Lipinski definition) is 0. The molecule has 1 aliphatic rings. The number of anilines is 1. The summed E-state index contributed by atoms with van der Waals surface area (Å²) >= 11 is 0. The van der Waals surface area contributed by atoms with Crippen LogP contribution in [0.4, 0.5) is 5.69 Å². The predicted molar refractivity (Wildman–Crippen MR) is 82.0 cm³/mol. The van der Waals surface area contributed by atoms with Crippen molar-refractivity contribution in [2.75, 3.05) is 19.2 Å². The molecule has 2 rings (SSSR count). The van der Waals surface area contributed by atoms with E-state index in [2.05, 4.69) is 4.74 Å². The van der Waals surface area contributed by atoms with Crippen LogP contribution in [0.3, 0.4) is 0 Å². The summed E-state index contributed by atoms with van der Waals surface area (Å²) in [4.78, 5) is 36.1. The number of para-hydroxylation sites is 1. The molecule has 23 heavy (non-hydrogen) atoms. The normalized spacial score (nSPS) is 18.1. The lowest BCUT2D eigenvalue weighted by Gasteiger charge is -2.33. The van der Waals surface area contributed by atoms with Gasteiger partial charge in [-0.25, -0.2) is 14.6 Å². The fourth-order valence-corrected chi connectivity index (χ4v) is 2.42. The summed E-state index contributed by atoms with van der Waals surface area (Å²) in [6.45, 7) is 1.79. The molecule has 1 fully saturated rings. The van der Waals surface area contributed by atoms with Crippen molar-refractivity contribution in [2.45, 2.75) is 19.4 Å². The van der Waals surface area contributed by atoms with Crippen molar-refractivity contribution < 1.29 is 23.9 Å². The molecule has 122 valence electrons. The maximum absolute atomic E-state index is 12.4. The topological polar surface area (TPSA) is 76.2 Å². The number of benzene rings is 1. The van der Waals surface area contributed by atoms with E-state index >= 15 is 0 Å². The van der Waals surface area contributed by atoms with Gasteiger partial charge >= 0.3 is 11.9 Å². The van der Waals surface area contributed by atoms with E-state index < -0.39 is 11.9 Å². The molecular formula is C16H18N2O5. The second-order valence-corrected chi connectivity index (χ2v) is 4.98. The molecule has 1 amide bonds. The van der Waals surface area contributed by atoms with Gasteiger partial charge in [-0.05, 0) is 19.1 Å². The maximum Gasteiger partial charge on any atom is 0.356 e. The quantitative estimate of drug-likeness (QED) is 0.614. The Kier molecular flexibility index (Phi) is 5.00. The number of nitrogens with zero attached hydrogens (tertiary/aromatic N) is 2. The highest BCUT2D eigenvalue weighted by atomic mass is 16.5. The zero-order chi connectivity index (χ0) is 17.0. The molecule has 0 saturated carbocycles. The number of carbonyl (C=O) groups excluding carboxylic acids is 3. The van der Waals surface area contributed by atoms with E-state index in [1.807, 2.05) is 6.07 Å². The van der Waals surface area contributed by atoms with Gasteiger partial charge in [0, 0.05) is 0 Å². The van der Waals surface area contributed by atoms with Crippen LogP contribution >= 0.6 is 0 Å². The highest BCUT2D eigenvalue weighted by Gasteiger charge is 2.40. The molecule has 0 bridgehead atoms. The Morgan fingerprint density at radius 1 is 1.17 bits per heavy atom. The Bertz CT molecular complexity index is 641. The first-order chi connectivity index (χ1) is 11.0. The lowest BCUT2D eigenvalue weighted by Crippen LogP contribution is -2.44. The minimum absolute atomic E-state index is 0.0541. The lowest BCUT2D eigenvalue weighted by molar-refractivity contribution is -0.140. The molecular weight excluding hydrogens is 300 g/mol. The third-order valence-electron chi connectivity index (χ3n) is 3.44. The van der Waals surface area contributed by atoms with Gasteiger partial charge in [0.05, 0.1) is 38.4 Å². The average molecular weight is 318 g/mol. The van der Waals surface area contributed by atoms with E-state index in [9.17, 15) is 14.4 Å². The Hall–Kier alpha value is -2.83. The van der Waals surface area contributed by atoms with Gasteiger partial charge in [0.2, 0.25) is 5.91 Å². The Morgan fingerprint density at radius 3 is 2.39 bits per heavy atom. The van der Waals surface area contributed by atoms with Crippen molar-refractivity contribution in [1.29, 1.82) is 0 Å². The van der Waals surface area contributed by atoms with Crippen LogP contribution in [0.15, 0.2) is 42.1 Å². The number of esters is 2. The number of hydrogen-bond acceptors (Lipinski definition) is 6. The predicted octanol–water partition coefficient (Wildman–Crippen LogP) is 1.26. The van der Waals surface area contributed by atoms with Crippen LogP contribution < -0.4 is 5.01 Å². The van der Waals surface area contributed by atoms with E-state index in [-0.39, 0.29) is 24.1 Å². The van der Waals surface area contributed by atoms with Crippen molar-refractivity contribution in [3.63, 3.8) is 0 Å². The minimum atomic E-state index is -0.724. The number of carbonyl (C=O) groups is 3. The van der Waals surface area contributed by atoms with Crippen molar-refractivity contribution in [1.82, 2.24) is 5.01 Å². The fourth-order valence-electron chi connectivity index (χ4n) is 2.42. The third kappa shape index (κ3) is 3.33. The van der Waals surface area contributed by atoms with Gasteiger partial charge < -0.3 is 9.47 Å². The van der Waals surface area contributed by atoms with Crippen LogP contribution in [0.1, 0.15) is 13.3 Å². The SMILES string of the molecule is COC(=O)/C=C(\C(=O)OC)N1C(C)CC(=O)N1c1ccccc1. The standard InChI is InChI=1S/C16H18N2O5/c1-11-9-14(19)18(12-7-5-4-6-8-12)17(11)13(16(21)23-3)10-15(20)22-2/h4-8,10-11H,9H2,1-3H3/b13-10+. The summed E-state index contributed by atoms with van der Waals surface area (Å²) in [7, 11) is 2.42. The molecule has 0 aliphatic carbocycles. The summed E-state index contributed by atoms with van der Waals surface area (Å²) in [6.07, 6.45) is 1.24. The minimum Gasteiger partial charge on any atom is -0.466 e. The molecule has 1 aliphatic heterocycles. The van der Waals surface area contributed by atoms with Crippen LogP contribution in [0.25, 0.3) is 0 Å². The molecule has 0 spiro atoms. The van der Waals surface area contributed by atoms with E-state index in [0.717, 1.165) is 6.08 Å². The summed E-state index contributed by atoms with van der Waals surface area (Å²) in [6, 6.07) is 8.57. The van der Waals surface area contributed by atoms with Crippen LogP contribution in [0.5, 0.6) is 0 Å². The first kappa shape index (κ1) is 16.5. The summed E-state index contributed by atoms with van der Waals surface area (Å²) in [5, 5.41) is 2.83. The monoisotopic (exact) mass is 318 g/mol.